The minimum Gasteiger partial charge on any atom is -0.327 e. The molecule has 0 spiro atoms. The molecule has 1 aromatic carbocycles. The fraction of sp³-hybridized carbons (Fsp3) is 0.333. The molecule has 33 heavy (non-hydrogen) atoms. The molecule has 1 aliphatic heterocycles. The maximum Gasteiger partial charge on any atom is 0.346 e. The van der Waals surface area contributed by atoms with Crippen LogP contribution in [0.5, 0.6) is 0 Å². The van der Waals surface area contributed by atoms with Gasteiger partial charge in [0.2, 0.25) is 10.0 Å². The summed E-state index contributed by atoms with van der Waals surface area (Å²) >= 11 is 1.48. The topological polar surface area (TPSA) is 103 Å². The van der Waals surface area contributed by atoms with Crippen molar-refractivity contribution < 1.29 is 12.8 Å². The Morgan fingerprint density at radius 3 is 2.67 bits per heavy atom. The fourth-order valence-electron chi connectivity index (χ4n) is 3.60. The van der Waals surface area contributed by atoms with Gasteiger partial charge in [0.15, 0.2) is 0 Å². The molecule has 0 amide bonds. The molecule has 8 nitrogen and oxygen atoms in total. The Bertz CT molecular complexity index is 1290. The van der Waals surface area contributed by atoms with Gasteiger partial charge in [0.1, 0.15) is 6.33 Å². The summed E-state index contributed by atoms with van der Waals surface area (Å²) < 4.78 is 42.6. The van der Waals surface area contributed by atoms with Gasteiger partial charge < -0.3 is 5.73 Å². The molecule has 0 unspecified atom stereocenters. The summed E-state index contributed by atoms with van der Waals surface area (Å²) in [4.78, 5) is 14.6. The smallest absolute Gasteiger partial charge is 0.327 e. The molecular formula is C21H25ClFN5O3S2. The van der Waals surface area contributed by atoms with E-state index in [0.717, 1.165) is 28.2 Å². The molecular weight excluding hydrogens is 489 g/mol. The van der Waals surface area contributed by atoms with Crippen molar-refractivity contribution in [3.8, 4) is 10.4 Å². The van der Waals surface area contributed by atoms with Crippen molar-refractivity contribution in [3.63, 3.8) is 0 Å². The van der Waals surface area contributed by atoms with Crippen LogP contribution in [0, 0.1) is 0 Å². The van der Waals surface area contributed by atoms with Gasteiger partial charge in [-0.2, -0.15) is 9.40 Å². The second-order valence-corrected chi connectivity index (χ2v) is 10.7. The summed E-state index contributed by atoms with van der Waals surface area (Å²) in [6, 6.07) is 10.8. The van der Waals surface area contributed by atoms with Crippen molar-refractivity contribution in [2.24, 2.45) is 5.73 Å². The minimum atomic E-state index is -3.49. The van der Waals surface area contributed by atoms with Crippen molar-refractivity contribution in [2.75, 3.05) is 19.6 Å². The van der Waals surface area contributed by atoms with E-state index >= 15 is 0 Å². The van der Waals surface area contributed by atoms with E-state index in [4.69, 9.17) is 5.73 Å². The Morgan fingerprint density at radius 2 is 1.97 bits per heavy atom. The van der Waals surface area contributed by atoms with Gasteiger partial charge in [0.25, 0.3) is 0 Å². The molecule has 3 aromatic rings. The second kappa shape index (κ2) is 10.7. The van der Waals surface area contributed by atoms with E-state index < -0.39 is 10.0 Å². The van der Waals surface area contributed by atoms with Gasteiger partial charge in [-0.15, -0.1) is 23.7 Å². The lowest BCUT2D eigenvalue weighted by Crippen LogP contribution is -2.27. The first kappa shape index (κ1) is 25.3. The van der Waals surface area contributed by atoms with Gasteiger partial charge in [0.05, 0.1) is 24.3 Å². The van der Waals surface area contributed by atoms with Crippen LogP contribution in [0.3, 0.4) is 0 Å². The third-order valence-electron chi connectivity index (χ3n) is 5.38. The quantitative estimate of drug-likeness (QED) is 0.499. The standard InChI is InChI=1S/C21H24FN5O3S2.ClH/c22-11-16(12-23)13-27-21(28)25(15-24-27)14-18-6-7-20(31-18)17-4-3-5-19(10-17)32(29,30)26-8-1-2-9-26;/h3-7,10-11,15H,1-2,8-9,12-14,23H2;1H/b16-11+;. The second-order valence-electron chi connectivity index (χ2n) is 7.58. The van der Waals surface area contributed by atoms with E-state index in [1.165, 1.54) is 31.2 Å². The van der Waals surface area contributed by atoms with Gasteiger partial charge in [-0.05, 0) is 48.2 Å². The normalized spacial score (nSPS) is 15.0. The van der Waals surface area contributed by atoms with E-state index in [1.807, 2.05) is 18.2 Å². The summed E-state index contributed by atoms with van der Waals surface area (Å²) in [5, 5.41) is 4.03. The number of rotatable bonds is 8. The van der Waals surface area contributed by atoms with Crippen LogP contribution in [0.15, 0.2) is 64.3 Å². The van der Waals surface area contributed by atoms with E-state index in [-0.39, 0.29) is 36.8 Å². The fourth-order valence-corrected chi connectivity index (χ4v) is 6.16. The van der Waals surface area contributed by atoms with Crippen LogP contribution in [0.25, 0.3) is 10.4 Å². The summed E-state index contributed by atoms with van der Waals surface area (Å²) in [5.41, 5.74) is 6.18. The first-order valence-electron chi connectivity index (χ1n) is 10.2. The molecule has 0 aliphatic carbocycles. The lowest BCUT2D eigenvalue weighted by molar-refractivity contribution is 0.477. The molecule has 1 fully saturated rings. The van der Waals surface area contributed by atoms with E-state index in [0.29, 0.717) is 30.9 Å². The number of thiophene rings is 1. The highest BCUT2D eigenvalue weighted by Crippen LogP contribution is 2.31. The van der Waals surface area contributed by atoms with Crippen molar-refractivity contribution in [2.45, 2.75) is 30.8 Å². The van der Waals surface area contributed by atoms with Crippen molar-refractivity contribution in [1.82, 2.24) is 18.7 Å². The van der Waals surface area contributed by atoms with Gasteiger partial charge in [-0.1, -0.05) is 12.1 Å². The lowest BCUT2D eigenvalue weighted by Gasteiger charge is -2.15. The Morgan fingerprint density at radius 1 is 1.21 bits per heavy atom. The number of nitrogens with two attached hydrogens (primary N) is 1. The largest absolute Gasteiger partial charge is 0.346 e. The van der Waals surface area contributed by atoms with Crippen LogP contribution in [0.4, 0.5) is 4.39 Å². The molecule has 3 heterocycles. The Kier molecular flexibility index (Phi) is 8.24. The molecule has 0 atom stereocenters. The number of hydrogen-bond acceptors (Lipinski definition) is 6. The molecule has 0 radical (unpaired) electrons. The maximum absolute atomic E-state index is 12.9. The minimum absolute atomic E-state index is 0. The van der Waals surface area contributed by atoms with Crippen molar-refractivity contribution in [3.05, 3.63) is 70.0 Å². The Labute approximate surface area is 201 Å². The van der Waals surface area contributed by atoms with Gasteiger partial charge in [0, 0.05) is 29.4 Å². The molecule has 2 N–H and O–H groups in total. The average Bonchev–Trinajstić information content (AvgIpc) is 3.56. The van der Waals surface area contributed by atoms with Crippen LogP contribution >= 0.6 is 23.7 Å². The Hall–Kier alpha value is -2.31. The van der Waals surface area contributed by atoms with E-state index in [9.17, 15) is 17.6 Å². The molecule has 4 rings (SSSR count). The third kappa shape index (κ3) is 5.44. The SMILES string of the molecule is Cl.NC/C(=C\F)Cn1ncn(Cc2ccc(-c3cccc(S(=O)(=O)N4CCCC4)c3)s2)c1=O. The van der Waals surface area contributed by atoms with Crippen LogP contribution in [0.2, 0.25) is 0 Å². The predicted molar refractivity (Wildman–Crippen MR) is 129 cm³/mol. The maximum atomic E-state index is 12.9. The zero-order valence-electron chi connectivity index (χ0n) is 17.8. The molecule has 12 heteroatoms. The van der Waals surface area contributed by atoms with Crippen LogP contribution in [0.1, 0.15) is 17.7 Å². The monoisotopic (exact) mass is 513 g/mol. The molecule has 0 bridgehead atoms. The zero-order chi connectivity index (χ0) is 22.7. The van der Waals surface area contributed by atoms with Gasteiger partial charge >= 0.3 is 5.69 Å². The Balaban J connectivity index is 0.00000306. The summed E-state index contributed by atoms with van der Waals surface area (Å²) in [5.74, 6) is 0. The van der Waals surface area contributed by atoms with Crippen LogP contribution in [-0.4, -0.2) is 46.7 Å². The third-order valence-corrected chi connectivity index (χ3v) is 8.39. The summed E-state index contributed by atoms with van der Waals surface area (Å²) in [6.45, 7) is 1.45. The first-order valence-corrected chi connectivity index (χ1v) is 12.5. The van der Waals surface area contributed by atoms with Gasteiger partial charge in [-0.3, -0.25) is 4.57 Å². The summed E-state index contributed by atoms with van der Waals surface area (Å²) in [7, 11) is -3.49. The van der Waals surface area contributed by atoms with E-state index in [1.54, 1.807) is 18.2 Å². The highest BCUT2D eigenvalue weighted by molar-refractivity contribution is 7.89. The van der Waals surface area contributed by atoms with Crippen LogP contribution < -0.4 is 11.4 Å². The molecule has 2 aromatic heterocycles. The zero-order valence-corrected chi connectivity index (χ0v) is 20.2. The number of halogens is 2. The highest BCUT2D eigenvalue weighted by atomic mass is 35.5. The summed E-state index contributed by atoms with van der Waals surface area (Å²) in [6.07, 6.45) is 3.59. The number of hydrogen-bond donors (Lipinski definition) is 1. The molecule has 0 saturated carbocycles. The van der Waals surface area contributed by atoms with Crippen molar-refractivity contribution >= 4 is 33.8 Å². The average molecular weight is 514 g/mol. The van der Waals surface area contributed by atoms with E-state index in [2.05, 4.69) is 5.10 Å². The number of aromatic nitrogens is 3. The lowest BCUT2D eigenvalue weighted by atomic mass is 10.2. The molecule has 178 valence electrons. The number of nitrogens with zero attached hydrogens (tertiary/aromatic N) is 4. The van der Waals surface area contributed by atoms with Crippen molar-refractivity contribution in [1.29, 1.82) is 0 Å². The molecule has 1 saturated heterocycles. The number of benzene rings is 1. The highest BCUT2D eigenvalue weighted by Gasteiger charge is 2.27. The van der Waals surface area contributed by atoms with Gasteiger partial charge in [-0.25, -0.2) is 22.3 Å². The van der Waals surface area contributed by atoms with Crippen LogP contribution in [-0.2, 0) is 23.1 Å². The first-order chi connectivity index (χ1) is 15.4. The predicted octanol–water partition coefficient (Wildman–Crippen LogP) is 2.84. The number of sulfonamides is 1. The molecule has 1 aliphatic rings.